The van der Waals surface area contributed by atoms with Gasteiger partial charge >= 0.3 is 5.97 Å². The van der Waals surface area contributed by atoms with Gasteiger partial charge in [0.25, 0.3) is 0 Å². The highest BCUT2D eigenvalue weighted by Crippen LogP contribution is 2.17. The maximum absolute atomic E-state index is 11.9. The van der Waals surface area contributed by atoms with Gasteiger partial charge in [0.15, 0.2) is 0 Å². The van der Waals surface area contributed by atoms with Crippen LogP contribution in [0.2, 0.25) is 0 Å². The summed E-state index contributed by atoms with van der Waals surface area (Å²) in [6, 6.07) is 0. The van der Waals surface area contributed by atoms with Gasteiger partial charge in [0.2, 0.25) is 5.91 Å². The van der Waals surface area contributed by atoms with E-state index >= 15 is 0 Å². The lowest BCUT2D eigenvalue weighted by atomic mass is 9.97. The van der Waals surface area contributed by atoms with Gasteiger partial charge in [0.05, 0.1) is 5.92 Å². The normalized spacial score (nSPS) is 21.5. The third kappa shape index (κ3) is 4.34. The third-order valence-corrected chi connectivity index (χ3v) is 2.67. The third-order valence-electron chi connectivity index (χ3n) is 2.67. The number of piperidine rings is 1. The molecule has 0 aliphatic carbocycles. The second-order valence-corrected chi connectivity index (χ2v) is 5.42. The van der Waals surface area contributed by atoms with E-state index in [-0.39, 0.29) is 24.3 Å². The van der Waals surface area contributed by atoms with Crippen LogP contribution in [-0.4, -0.2) is 42.0 Å². The number of nitrogens with two attached hydrogens (primary N) is 1. The van der Waals surface area contributed by atoms with E-state index in [1.807, 2.05) is 20.8 Å². The van der Waals surface area contributed by atoms with Gasteiger partial charge in [-0.2, -0.15) is 0 Å². The molecule has 1 unspecified atom stereocenters. The molecule has 0 bridgehead atoms. The summed E-state index contributed by atoms with van der Waals surface area (Å²) in [7, 11) is 0. The number of amides is 1. The van der Waals surface area contributed by atoms with Crippen LogP contribution in [0.3, 0.4) is 0 Å². The number of hydrogen-bond donors (Lipinski definition) is 1. The number of nitrogens with zero attached hydrogens (tertiary/aromatic N) is 1. The molecule has 0 saturated carbocycles. The summed E-state index contributed by atoms with van der Waals surface area (Å²) in [6.07, 6.45) is 1.72. The minimum Gasteiger partial charge on any atom is -0.459 e. The van der Waals surface area contributed by atoms with E-state index in [0.29, 0.717) is 13.1 Å². The van der Waals surface area contributed by atoms with Crippen LogP contribution in [0, 0.1) is 5.92 Å². The molecule has 5 heteroatoms. The first-order valence-corrected chi connectivity index (χ1v) is 6.04. The molecule has 0 radical (unpaired) electrons. The molecule has 1 atom stereocenters. The first-order valence-electron chi connectivity index (χ1n) is 6.04. The molecule has 0 aromatic heterocycles. The summed E-state index contributed by atoms with van der Waals surface area (Å²) >= 11 is 0. The highest BCUT2D eigenvalue weighted by molar-refractivity contribution is 5.84. The number of rotatable bonds is 3. The van der Waals surface area contributed by atoms with Crippen molar-refractivity contribution in [2.45, 2.75) is 39.2 Å². The Hall–Kier alpha value is -1.10. The molecule has 1 aliphatic heterocycles. The van der Waals surface area contributed by atoms with Crippen molar-refractivity contribution in [2.75, 3.05) is 19.6 Å². The fourth-order valence-corrected chi connectivity index (χ4v) is 1.93. The minimum absolute atomic E-state index is 0.0235. The summed E-state index contributed by atoms with van der Waals surface area (Å²) in [6.45, 7) is 6.44. The summed E-state index contributed by atoms with van der Waals surface area (Å²) in [4.78, 5) is 25.1. The summed E-state index contributed by atoms with van der Waals surface area (Å²) < 4.78 is 5.19. The van der Waals surface area contributed by atoms with Crippen LogP contribution >= 0.6 is 0 Å². The van der Waals surface area contributed by atoms with Crippen LogP contribution in [0.15, 0.2) is 0 Å². The average Bonchev–Trinajstić information content (AvgIpc) is 2.18. The number of carbonyl (C=O) groups excluding carboxylic acids is 2. The molecule has 1 fully saturated rings. The zero-order valence-corrected chi connectivity index (χ0v) is 10.9. The van der Waals surface area contributed by atoms with Gasteiger partial charge in [-0.15, -0.1) is 0 Å². The number of esters is 1. The Kier molecular flexibility index (Phi) is 4.51. The predicted molar refractivity (Wildman–Crippen MR) is 64.2 cm³/mol. The van der Waals surface area contributed by atoms with Crippen LogP contribution in [0.4, 0.5) is 0 Å². The minimum atomic E-state index is -0.511. The summed E-state index contributed by atoms with van der Waals surface area (Å²) in [5, 5.41) is 0. The molecule has 0 spiro atoms. The second-order valence-electron chi connectivity index (χ2n) is 5.42. The number of carbonyl (C=O) groups is 2. The molecule has 98 valence electrons. The van der Waals surface area contributed by atoms with Crippen LogP contribution in [0.1, 0.15) is 33.6 Å². The topological polar surface area (TPSA) is 72.6 Å². The van der Waals surface area contributed by atoms with E-state index in [4.69, 9.17) is 10.5 Å². The summed E-state index contributed by atoms with van der Waals surface area (Å²) in [5.41, 5.74) is 5.01. The first kappa shape index (κ1) is 14.0. The fraction of sp³-hybridized carbons (Fsp3) is 0.833. The van der Waals surface area contributed by atoms with Gasteiger partial charge in [-0.3, -0.25) is 9.59 Å². The van der Waals surface area contributed by atoms with Crippen molar-refractivity contribution in [1.82, 2.24) is 4.90 Å². The first-order chi connectivity index (χ1) is 7.83. The van der Waals surface area contributed by atoms with Crippen LogP contribution in [0.5, 0.6) is 0 Å². The van der Waals surface area contributed by atoms with Crippen molar-refractivity contribution < 1.29 is 14.3 Å². The van der Waals surface area contributed by atoms with Gasteiger partial charge in [0.1, 0.15) is 12.1 Å². The quantitative estimate of drug-likeness (QED) is 0.732. The Morgan fingerprint density at radius 1 is 1.53 bits per heavy atom. The maximum Gasteiger partial charge on any atom is 0.326 e. The molecule has 0 aromatic carbocycles. The standard InChI is InChI=1S/C12H22N2O3/c1-12(2,3)17-10(15)8-14-6-4-5-9(7-13)11(14)16/h9H,4-8,13H2,1-3H3. The molecule has 0 aromatic rings. The highest BCUT2D eigenvalue weighted by Gasteiger charge is 2.29. The number of likely N-dealkylation sites (tertiary alicyclic amines) is 1. The van der Waals surface area contributed by atoms with Crippen LogP contribution in [0.25, 0.3) is 0 Å². The molecule has 1 heterocycles. The Labute approximate surface area is 102 Å². The van der Waals surface area contributed by atoms with Gasteiger partial charge in [-0.1, -0.05) is 0 Å². The smallest absolute Gasteiger partial charge is 0.326 e. The monoisotopic (exact) mass is 242 g/mol. The van der Waals surface area contributed by atoms with Crippen molar-refractivity contribution >= 4 is 11.9 Å². The molecule has 1 aliphatic rings. The van der Waals surface area contributed by atoms with E-state index in [1.54, 1.807) is 4.90 Å². The van der Waals surface area contributed by atoms with Crippen molar-refractivity contribution in [1.29, 1.82) is 0 Å². The maximum atomic E-state index is 11.9. The molecule has 5 nitrogen and oxygen atoms in total. The van der Waals surface area contributed by atoms with E-state index in [9.17, 15) is 9.59 Å². The molecule has 1 saturated heterocycles. The SMILES string of the molecule is CC(C)(C)OC(=O)CN1CCCC(CN)C1=O. The zero-order valence-electron chi connectivity index (χ0n) is 10.9. The van der Waals surface area contributed by atoms with Crippen LogP contribution in [-0.2, 0) is 14.3 Å². The Bertz CT molecular complexity index is 297. The van der Waals surface area contributed by atoms with E-state index in [2.05, 4.69) is 0 Å². The van der Waals surface area contributed by atoms with Gasteiger partial charge in [0, 0.05) is 13.1 Å². The van der Waals surface area contributed by atoms with E-state index in [1.165, 1.54) is 0 Å². The Morgan fingerprint density at radius 2 is 2.18 bits per heavy atom. The highest BCUT2D eigenvalue weighted by atomic mass is 16.6. The lowest BCUT2D eigenvalue weighted by molar-refractivity contribution is -0.160. The molecular formula is C12H22N2O3. The van der Waals surface area contributed by atoms with E-state index in [0.717, 1.165) is 12.8 Å². The van der Waals surface area contributed by atoms with Crippen molar-refractivity contribution in [3.05, 3.63) is 0 Å². The molecule has 17 heavy (non-hydrogen) atoms. The van der Waals surface area contributed by atoms with Gasteiger partial charge in [-0.05, 0) is 33.6 Å². The average molecular weight is 242 g/mol. The Morgan fingerprint density at radius 3 is 2.71 bits per heavy atom. The lowest BCUT2D eigenvalue weighted by Gasteiger charge is -2.31. The summed E-state index contributed by atoms with van der Waals surface area (Å²) in [5.74, 6) is -0.515. The van der Waals surface area contributed by atoms with Crippen LogP contribution < -0.4 is 5.73 Å². The molecule has 1 rings (SSSR count). The Balaban J connectivity index is 2.50. The van der Waals surface area contributed by atoms with Crippen molar-refractivity contribution in [3.8, 4) is 0 Å². The zero-order chi connectivity index (χ0) is 13.1. The molecular weight excluding hydrogens is 220 g/mol. The molecule has 1 amide bonds. The fourth-order valence-electron chi connectivity index (χ4n) is 1.93. The lowest BCUT2D eigenvalue weighted by Crippen LogP contribution is -2.47. The number of ether oxygens (including phenoxy) is 1. The van der Waals surface area contributed by atoms with Crippen molar-refractivity contribution in [3.63, 3.8) is 0 Å². The van der Waals surface area contributed by atoms with Crippen molar-refractivity contribution in [2.24, 2.45) is 11.7 Å². The second kappa shape index (κ2) is 5.49. The molecule has 2 N–H and O–H groups in total. The van der Waals surface area contributed by atoms with E-state index < -0.39 is 5.60 Å². The van der Waals surface area contributed by atoms with Gasteiger partial charge in [-0.25, -0.2) is 0 Å². The number of hydrogen-bond acceptors (Lipinski definition) is 4. The van der Waals surface area contributed by atoms with Gasteiger partial charge < -0.3 is 15.4 Å². The largest absolute Gasteiger partial charge is 0.459 e. The predicted octanol–water partition coefficient (Wildman–Crippen LogP) is 0.525.